The fraction of sp³-hybridized carbons (Fsp3) is 0.526. The molecule has 0 aliphatic carbocycles. The Morgan fingerprint density at radius 3 is 2.59 bits per heavy atom. The lowest BCUT2D eigenvalue weighted by Gasteiger charge is -2.35. The fourth-order valence-electron chi connectivity index (χ4n) is 3.15. The number of nitrogens with zero attached hydrogens (tertiary/aromatic N) is 3. The van der Waals surface area contributed by atoms with Crippen LogP contribution in [0.1, 0.15) is 51.4 Å². The predicted octanol–water partition coefficient (Wildman–Crippen LogP) is 5.04. The van der Waals surface area contributed by atoms with Gasteiger partial charge in [-0.2, -0.15) is 13.2 Å². The number of piperidine rings is 1. The molecule has 1 aliphatic heterocycles. The second-order valence-corrected chi connectivity index (χ2v) is 8.46. The van der Waals surface area contributed by atoms with Crippen LogP contribution in [0, 0.1) is 0 Å². The minimum atomic E-state index is -4.54. The van der Waals surface area contributed by atoms with Crippen LogP contribution >= 0.6 is 11.6 Å². The van der Waals surface area contributed by atoms with Crippen molar-refractivity contribution >= 4 is 29.1 Å². The number of anilines is 2. The van der Waals surface area contributed by atoms with Gasteiger partial charge in [-0.15, -0.1) is 0 Å². The van der Waals surface area contributed by atoms with E-state index in [0.29, 0.717) is 18.7 Å². The first-order valence-corrected chi connectivity index (χ1v) is 9.62. The van der Waals surface area contributed by atoms with Crippen LogP contribution < -0.4 is 10.2 Å². The average molecular weight is 431 g/mol. The Hall–Kier alpha value is -2.29. The smallest absolute Gasteiger partial charge is 0.359 e. The Morgan fingerprint density at radius 1 is 1.28 bits per heavy atom. The van der Waals surface area contributed by atoms with Crippen LogP contribution in [0.5, 0.6) is 0 Å². The normalized spacial score (nSPS) is 18.0. The highest BCUT2D eigenvalue weighted by Gasteiger charge is 2.35. The SMILES string of the molecule is CC(C)(C)c1cc(NC(=O)C2CCCCN2c2ncc(C(F)(F)F)cc2Cl)no1. The molecule has 0 bridgehead atoms. The lowest BCUT2D eigenvalue weighted by atomic mass is 9.93. The van der Waals surface area contributed by atoms with E-state index in [1.807, 2.05) is 20.8 Å². The molecule has 0 spiro atoms. The quantitative estimate of drug-likeness (QED) is 0.738. The molecule has 0 saturated carbocycles. The molecular formula is C19H22ClF3N4O2. The van der Waals surface area contributed by atoms with Crippen molar-refractivity contribution in [2.45, 2.75) is 57.7 Å². The van der Waals surface area contributed by atoms with E-state index in [4.69, 9.17) is 16.1 Å². The summed E-state index contributed by atoms with van der Waals surface area (Å²) in [6.07, 6.45) is -1.70. The molecule has 6 nitrogen and oxygen atoms in total. The summed E-state index contributed by atoms with van der Waals surface area (Å²) in [6, 6.07) is 1.87. The number of amides is 1. The van der Waals surface area contributed by atoms with Gasteiger partial charge in [0.25, 0.3) is 0 Å². The van der Waals surface area contributed by atoms with E-state index in [1.54, 1.807) is 11.0 Å². The molecule has 29 heavy (non-hydrogen) atoms. The van der Waals surface area contributed by atoms with E-state index < -0.39 is 17.8 Å². The van der Waals surface area contributed by atoms with Crippen LogP contribution in [0.3, 0.4) is 0 Å². The Morgan fingerprint density at radius 2 is 2.00 bits per heavy atom. The van der Waals surface area contributed by atoms with E-state index in [-0.39, 0.29) is 28.0 Å². The molecule has 2 aromatic heterocycles. The summed E-state index contributed by atoms with van der Waals surface area (Å²) in [4.78, 5) is 18.4. The molecule has 0 aromatic carbocycles. The lowest BCUT2D eigenvalue weighted by Crippen LogP contribution is -2.47. The third-order valence-electron chi connectivity index (χ3n) is 4.73. The van der Waals surface area contributed by atoms with Gasteiger partial charge in [-0.05, 0) is 25.3 Å². The number of alkyl halides is 3. The fourth-order valence-corrected chi connectivity index (χ4v) is 3.43. The van der Waals surface area contributed by atoms with Gasteiger partial charge in [-0.25, -0.2) is 4.98 Å². The van der Waals surface area contributed by atoms with Crippen LogP contribution in [-0.4, -0.2) is 28.6 Å². The zero-order valence-electron chi connectivity index (χ0n) is 16.3. The van der Waals surface area contributed by atoms with Gasteiger partial charge in [0.1, 0.15) is 17.6 Å². The molecule has 1 aliphatic rings. The Labute approximate surface area is 171 Å². The van der Waals surface area contributed by atoms with Gasteiger partial charge < -0.3 is 14.7 Å². The van der Waals surface area contributed by atoms with Gasteiger partial charge in [0.15, 0.2) is 5.82 Å². The number of rotatable bonds is 3. The van der Waals surface area contributed by atoms with Gasteiger partial charge in [-0.1, -0.05) is 37.5 Å². The van der Waals surface area contributed by atoms with Crippen molar-refractivity contribution in [1.29, 1.82) is 0 Å². The summed E-state index contributed by atoms with van der Waals surface area (Å²) in [5.41, 5.74) is -1.19. The second kappa shape index (κ2) is 7.85. The zero-order valence-corrected chi connectivity index (χ0v) is 17.1. The maximum atomic E-state index is 12.9. The Balaban J connectivity index is 1.81. The molecule has 1 atom stereocenters. The number of hydrogen-bond donors (Lipinski definition) is 1. The van der Waals surface area contributed by atoms with Crippen molar-refractivity contribution in [3.63, 3.8) is 0 Å². The highest BCUT2D eigenvalue weighted by atomic mass is 35.5. The van der Waals surface area contributed by atoms with Crippen molar-refractivity contribution in [3.8, 4) is 0 Å². The van der Waals surface area contributed by atoms with Gasteiger partial charge in [0.2, 0.25) is 5.91 Å². The first-order valence-electron chi connectivity index (χ1n) is 9.24. The van der Waals surface area contributed by atoms with E-state index in [1.165, 1.54) is 0 Å². The Kier molecular flexibility index (Phi) is 5.80. The van der Waals surface area contributed by atoms with E-state index >= 15 is 0 Å². The van der Waals surface area contributed by atoms with Crippen molar-refractivity contribution in [2.24, 2.45) is 0 Å². The number of nitrogens with one attached hydrogen (secondary N) is 1. The minimum Gasteiger partial charge on any atom is -0.359 e. The topological polar surface area (TPSA) is 71.3 Å². The average Bonchev–Trinajstić information content (AvgIpc) is 3.10. The molecule has 10 heteroatoms. The number of carbonyl (C=O) groups is 1. The predicted molar refractivity (Wildman–Crippen MR) is 103 cm³/mol. The molecule has 1 fully saturated rings. The van der Waals surface area contributed by atoms with Crippen molar-refractivity contribution < 1.29 is 22.5 Å². The Bertz CT molecular complexity index is 892. The van der Waals surface area contributed by atoms with Crippen LogP contribution in [0.15, 0.2) is 22.9 Å². The van der Waals surface area contributed by atoms with Crippen molar-refractivity contribution in [2.75, 3.05) is 16.8 Å². The molecule has 158 valence electrons. The minimum absolute atomic E-state index is 0.143. The second-order valence-electron chi connectivity index (χ2n) is 8.05. The summed E-state index contributed by atoms with van der Waals surface area (Å²) >= 11 is 6.09. The molecule has 1 unspecified atom stereocenters. The van der Waals surface area contributed by atoms with Gasteiger partial charge >= 0.3 is 6.18 Å². The summed E-state index contributed by atoms with van der Waals surface area (Å²) in [5, 5.41) is 6.46. The first-order chi connectivity index (χ1) is 13.5. The van der Waals surface area contributed by atoms with Crippen molar-refractivity contribution in [1.82, 2.24) is 10.1 Å². The molecule has 2 aromatic rings. The summed E-state index contributed by atoms with van der Waals surface area (Å²) in [5.74, 6) is 0.740. The zero-order chi connectivity index (χ0) is 21.4. The third-order valence-corrected chi connectivity index (χ3v) is 5.01. The van der Waals surface area contributed by atoms with Crippen LogP contribution in [-0.2, 0) is 16.4 Å². The number of pyridine rings is 1. The highest BCUT2D eigenvalue weighted by molar-refractivity contribution is 6.33. The van der Waals surface area contributed by atoms with Crippen molar-refractivity contribution in [3.05, 3.63) is 34.7 Å². The van der Waals surface area contributed by atoms with Crippen LogP contribution in [0.25, 0.3) is 0 Å². The van der Waals surface area contributed by atoms with Gasteiger partial charge in [0, 0.05) is 24.2 Å². The monoisotopic (exact) mass is 430 g/mol. The first kappa shape index (κ1) is 21.4. The molecule has 3 heterocycles. The standard InChI is InChI=1S/C19H22ClF3N4O2/c1-18(2,3)14-9-15(26-29-14)25-17(28)13-6-4-5-7-27(13)16-12(20)8-11(10-24-16)19(21,22)23/h8-10,13H,4-7H2,1-3H3,(H,25,26,28). The molecule has 1 N–H and O–H groups in total. The summed E-state index contributed by atoms with van der Waals surface area (Å²) in [7, 11) is 0. The van der Waals surface area contributed by atoms with Gasteiger partial charge in [0.05, 0.1) is 10.6 Å². The van der Waals surface area contributed by atoms with E-state index in [9.17, 15) is 18.0 Å². The molecule has 3 rings (SSSR count). The highest BCUT2D eigenvalue weighted by Crippen LogP contribution is 2.35. The molecule has 0 radical (unpaired) electrons. The number of carbonyl (C=O) groups excluding carboxylic acids is 1. The summed E-state index contributed by atoms with van der Waals surface area (Å²) < 4.78 is 43.9. The third kappa shape index (κ3) is 4.83. The number of hydrogen-bond acceptors (Lipinski definition) is 5. The summed E-state index contributed by atoms with van der Waals surface area (Å²) in [6.45, 7) is 6.34. The maximum Gasteiger partial charge on any atom is 0.417 e. The number of aromatic nitrogens is 2. The largest absolute Gasteiger partial charge is 0.417 e. The maximum absolute atomic E-state index is 12.9. The molecular weight excluding hydrogens is 409 g/mol. The lowest BCUT2D eigenvalue weighted by molar-refractivity contribution is -0.137. The van der Waals surface area contributed by atoms with Crippen LogP contribution in [0.2, 0.25) is 5.02 Å². The van der Waals surface area contributed by atoms with Crippen LogP contribution in [0.4, 0.5) is 24.8 Å². The number of halogens is 4. The molecule has 1 amide bonds. The molecule has 1 saturated heterocycles. The van der Waals surface area contributed by atoms with Gasteiger partial charge in [-0.3, -0.25) is 4.79 Å². The van der Waals surface area contributed by atoms with E-state index in [2.05, 4.69) is 15.5 Å². The van der Waals surface area contributed by atoms with E-state index in [0.717, 1.165) is 25.1 Å².